The zero-order valence-electron chi connectivity index (χ0n) is 19.1. The van der Waals surface area contributed by atoms with Gasteiger partial charge in [-0.2, -0.15) is 0 Å². The second kappa shape index (κ2) is 7.99. The van der Waals surface area contributed by atoms with Gasteiger partial charge < -0.3 is 4.90 Å². The predicted molar refractivity (Wildman–Crippen MR) is 125 cm³/mol. The Morgan fingerprint density at radius 2 is 1.75 bits per heavy atom. The Morgan fingerprint density at radius 3 is 2.32 bits per heavy atom. The van der Waals surface area contributed by atoms with E-state index < -0.39 is 0 Å². The summed E-state index contributed by atoms with van der Waals surface area (Å²) < 4.78 is 0. The van der Waals surface area contributed by atoms with Crippen molar-refractivity contribution in [3.63, 3.8) is 0 Å². The van der Waals surface area contributed by atoms with Crippen molar-refractivity contribution < 1.29 is 0 Å². The van der Waals surface area contributed by atoms with Crippen molar-refractivity contribution in [2.45, 2.75) is 67.2 Å². The maximum atomic E-state index is 4.57. The first kappa shape index (κ1) is 22.0. The van der Waals surface area contributed by atoms with Crippen molar-refractivity contribution in [1.29, 1.82) is 0 Å². The summed E-state index contributed by atoms with van der Waals surface area (Å²) in [7, 11) is 0. The van der Waals surface area contributed by atoms with Gasteiger partial charge in [0.1, 0.15) is 0 Å². The van der Waals surface area contributed by atoms with Crippen molar-refractivity contribution in [3.8, 4) is 0 Å². The third-order valence-corrected chi connectivity index (χ3v) is 6.39. The fraction of sp³-hybridized carbons (Fsp3) is 0.407. The van der Waals surface area contributed by atoms with E-state index in [1.807, 2.05) is 0 Å². The molecule has 1 aromatic rings. The molecule has 0 radical (unpaired) electrons. The van der Waals surface area contributed by atoms with Gasteiger partial charge in [0.15, 0.2) is 0 Å². The topological polar surface area (TPSA) is 3.24 Å². The van der Waals surface area contributed by atoms with Gasteiger partial charge in [0.25, 0.3) is 0 Å². The molecule has 150 valence electrons. The average molecular weight is 376 g/mol. The third-order valence-electron chi connectivity index (χ3n) is 6.39. The molecule has 0 saturated carbocycles. The Bertz CT molecular complexity index is 866. The molecule has 1 aliphatic heterocycles. The lowest BCUT2D eigenvalue weighted by molar-refractivity contribution is 0.224. The van der Waals surface area contributed by atoms with E-state index in [4.69, 9.17) is 0 Å². The van der Waals surface area contributed by atoms with Crippen molar-refractivity contribution in [2.24, 2.45) is 5.41 Å². The van der Waals surface area contributed by atoms with Crippen LogP contribution in [0.1, 0.15) is 71.6 Å². The van der Waals surface area contributed by atoms with Crippen LogP contribution in [0.4, 0.5) is 0 Å². The number of aryl methyl sites for hydroxylation is 1. The number of allylic oxidation sites excluding steroid dienone is 5. The molecule has 1 aliphatic rings. The van der Waals surface area contributed by atoms with Crippen LogP contribution in [0, 0.1) is 12.3 Å². The fourth-order valence-electron chi connectivity index (χ4n) is 3.70. The van der Waals surface area contributed by atoms with E-state index in [9.17, 15) is 0 Å². The van der Waals surface area contributed by atoms with E-state index in [0.717, 1.165) is 23.4 Å². The van der Waals surface area contributed by atoms with E-state index in [1.165, 1.54) is 22.3 Å². The zero-order valence-corrected chi connectivity index (χ0v) is 19.1. The first-order valence-electron chi connectivity index (χ1n) is 10.3. The molecular weight excluding hydrogens is 338 g/mol. The van der Waals surface area contributed by atoms with Crippen molar-refractivity contribution in [2.75, 3.05) is 0 Å². The first-order chi connectivity index (χ1) is 12.9. The summed E-state index contributed by atoms with van der Waals surface area (Å²) in [5.74, 6) is 0. The van der Waals surface area contributed by atoms with E-state index in [-0.39, 0.29) is 10.8 Å². The molecule has 0 aromatic heterocycles. The molecule has 0 fully saturated rings. The van der Waals surface area contributed by atoms with Crippen LogP contribution in [0.15, 0.2) is 72.8 Å². The largest absolute Gasteiger partial charge is 0.317 e. The fourth-order valence-corrected chi connectivity index (χ4v) is 3.70. The molecule has 0 unspecified atom stereocenters. The quantitative estimate of drug-likeness (QED) is 0.472. The highest BCUT2D eigenvalue weighted by Crippen LogP contribution is 2.46. The number of benzene rings is 1. The van der Waals surface area contributed by atoms with Crippen LogP contribution in [-0.4, -0.2) is 4.90 Å². The molecule has 0 spiro atoms. The van der Waals surface area contributed by atoms with Gasteiger partial charge in [0.05, 0.1) is 0 Å². The molecule has 1 heterocycles. The highest BCUT2D eigenvalue weighted by molar-refractivity contribution is 5.81. The lowest BCUT2D eigenvalue weighted by Gasteiger charge is -2.42. The molecule has 0 N–H and O–H groups in total. The minimum atomic E-state index is -0.00148. The van der Waals surface area contributed by atoms with Crippen LogP contribution in [0.25, 0.3) is 5.57 Å². The van der Waals surface area contributed by atoms with Gasteiger partial charge in [-0.1, -0.05) is 85.1 Å². The molecule has 0 amide bonds. The van der Waals surface area contributed by atoms with Crippen molar-refractivity contribution >= 4 is 5.57 Å². The Kier molecular flexibility index (Phi) is 6.28. The average Bonchev–Trinajstić information content (AvgIpc) is 2.60. The van der Waals surface area contributed by atoms with Crippen LogP contribution in [0.5, 0.6) is 0 Å². The molecule has 1 heteroatoms. The highest BCUT2D eigenvalue weighted by atomic mass is 15.1. The summed E-state index contributed by atoms with van der Waals surface area (Å²) in [6.07, 6.45) is 9.47. The Labute approximate surface area is 172 Å². The molecule has 0 saturated heterocycles. The second-order valence-electron chi connectivity index (χ2n) is 9.36. The van der Waals surface area contributed by atoms with E-state index in [2.05, 4.69) is 116 Å². The van der Waals surface area contributed by atoms with Crippen LogP contribution >= 0.6 is 0 Å². The van der Waals surface area contributed by atoms with E-state index in [1.54, 1.807) is 0 Å². The lowest BCUT2D eigenvalue weighted by atomic mass is 9.62. The van der Waals surface area contributed by atoms with Crippen LogP contribution < -0.4 is 0 Å². The minimum absolute atomic E-state index is 0.00148. The smallest absolute Gasteiger partial charge is 0.0487 e. The maximum absolute atomic E-state index is 4.57. The summed E-state index contributed by atoms with van der Waals surface area (Å²) in [5, 5.41) is 0. The second-order valence-corrected chi connectivity index (χ2v) is 9.36. The summed E-state index contributed by atoms with van der Waals surface area (Å²) in [4.78, 5) is 2.18. The minimum Gasteiger partial charge on any atom is -0.317 e. The zero-order chi connectivity index (χ0) is 21.3. The SMILES string of the molecule is C=C(/C(=C/CC)N1C=CC=C(C)C1=C)c1cccc(C)c1C(C)(C)C(C)(C)C. The lowest BCUT2D eigenvalue weighted by Crippen LogP contribution is -2.35. The number of hydrogen-bond acceptors (Lipinski definition) is 1. The molecule has 0 aliphatic carbocycles. The van der Waals surface area contributed by atoms with Crippen LogP contribution in [0.3, 0.4) is 0 Å². The summed E-state index contributed by atoms with van der Waals surface area (Å²) >= 11 is 0. The van der Waals surface area contributed by atoms with Crippen LogP contribution in [-0.2, 0) is 5.41 Å². The maximum Gasteiger partial charge on any atom is 0.0487 e. The first-order valence-corrected chi connectivity index (χ1v) is 10.3. The standard InChI is InChI=1S/C27H37N/c1-11-14-24(28-18-13-16-19(2)22(28)5)21(4)23-17-12-15-20(3)25(23)27(9,10)26(6,7)8/h12-18H,4-5,11H2,1-3,6-10H3/b24-14-. The van der Waals surface area contributed by atoms with Gasteiger partial charge in [-0.05, 0) is 65.0 Å². The van der Waals surface area contributed by atoms with Crippen molar-refractivity contribution in [1.82, 2.24) is 4.90 Å². The number of hydrogen-bond donors (Lipinski definition) is 0. The molecule has 0 bridgehead atoms. The molecule has 28 heavy (non-hydrogen) atoms. The van der Waals surface area contributed by atoms with Gasteiger partial charge in [0.2, 0.25) is 0 Å². The van der Waals surface area contributed by atoms with Gasteiger partial charge >= 0.3 is 0 Å². The third kappa shape index (κ3) is 3.94. The van der Waals surface area contributed by atoms with Gasteiger partial charge in [-0.25, -0.2) is 0 Å². The van der Waals surface area contributed by atoms with Crippen LogP contribution in [0.2, 0.25) is 0 Å². The van der Waals surface area contributed by atoms with Crippen molar-refractivity contribution in [3.05, 3.63) is 89.4 Å². The summed E-state index contributed by atoms with van der Waals surface area (Å²) in [6, 6.07) is 6.59. The molecule has 0 atom stereocenters. The summed E-state index contributed by atoms with van der Waals surface area (Å²) in [6.45, 7) is 27.0. The normalized spacial score (nSPS) is 15.7. The molecular formula is C27H37N. The highest BCUT2D eigenvalue weighted by Gasteiger charge is 2.37. The van der Waals surface area contributed by atoms with E-state index in [0.29, 0.717) is 0 Å². The Hall–Kier alpha value is -2.28. The van der Waals surface area contributed by atoms with Gasteiger partial charge in [0, 0.05) is 17.6 Å². The van der Waals surface area contributed by atoms with Gasteiger partial charge in [-0.3, -0.25) is 0 Å². The van der Waals surface area contributed by atoms with E-state index >= 15 is 0 Å². The number of rotatable bonds is 5. The van der Waals surface area contributed by atoms with Gasteiger partial charge in [-0.15, -0.1) is 0 Å². The molecule has 2 rings (SSSR count). The predicted octanol–water partition coefficient (Wildman–Crippen LogP) is 7.92. The molecule has 1 aromatic carbocycles. The monoisotopic (exact) mass is 375 g/mol. The Morgan fingerprint density at radius 1 is 1.11 bits per heavy atom. The Balaban J connectivity index is 2.64. The molecule has 1 nitrogen and oxygen atoms in total. The summed E-state index contributed by atoms with van der Waals surface area (Å²) in [5.41, 5.74) is 8.41. The number of nitrogens with zero attached hydrogens (tertiary/aromatic N) is 1.